The molecule has 2 rings (SSSR count). The molecule has 3 N–H and O–H groups in total. The molecule has 21 heavy (non-hydrogen) atoms. The summed E-state index contributed by atoms with van der Waals surface area (Å²) >= 11 is 0. The lowest BCUT2D eigenvalue weighted by atomic mass is 10.1. The van der Waals surface area contributed by atoms with Crippen LogP contribution in [0.25, 0.3) is 11.3 Å². The number of benzene rings is 1. The largest absolute Gasteiger partial charge is 0.493 e. The molecule has 6 heteroatoms. The average molecular weight is 288 g/mol. The molecule has 1 aromatic heterocycles. The van der Waals surface area contributed by atoms with Gasteiger partial charge in [0.1, 0.15) is 11.5 Å². The second-order valence-corrected chi connectivity index (χ2v) is 4.36. The average Bonchev–Trinajstić information content (AvgIpc) is 2.88. The molecule has 0 aliphatic rings. The van der Waals surface area contributed by atoms with E-state index in [9.17, 15) is 9.59 Å². The third-order valence-corrected chi connectivity index (χ3v) is 2.69. The normalized spacial score (nSPS) is 10.2. The molecule has 0 unspecified atom stereocenters. The molecular formula is C15H16N2O4. The lowest BCUT2D eigenvalue weighted by molar-refractivity contribution is -0.118. The zero-order chi connectivity index (χ0) is 15.4. The molecule has 0 aliphatic carbocycles. The van der Waals surface area contributed by atoms with Crippen molar-refractivity contribution < 1.29 is 18.7 Å². The summed E-state index contributed by atoms with van der Waals surface area (Å²) in [7, 11) is 0. The smallest absolute Gasteiger partial charge is 0.293 e. The quantitative estimate of drug-likeness (QED) is 0.841. The number of amides is 2. The first-order valence-corrected chi connectivity index (χ1v) is 6.45. The molecule has 1 aromatic carbocycles. The molecule has 2 amide bonds. The Morgan fingerprint density at radius 2 is 2.05 bits per heavy atom. The fourth-order valence-electron chi connectivity index (χ4n) is 1.84. The standard InChI is InChI=1S/C15H16N2O4/c1-3-20-14-8-10(16)4-5-11(14)12-6-7-13(21-12)15(19)17-9(2)18/h4-8H,3,16H2,1-2H3,(H,17,18,19). The van der Waals surface area contributed by atoms with Gasteiger partial charge < -0.3 is 14.9 Å². The number of imide groups is 1. The molecule has 0 aliphatic heterocycles. The molecule has 0 saturated carbocycles. The summed E-state index contributed by atoms with van der Waals surface area (Å²) in [5.74, 6) is 0.0691. The van der Waals surface area contributed by atoms with Gasteiger partial charge in [-0.2, -0.15) is 0 Å². The van der Waals surface area contributed by atoms with Crippen LogP contribution in [0.15, 0.2) is 34.7 Å². The van der Waals surface area contributed by atoms with Crippen LogP contribution in [0.3, 0.4) is 0 Å². The van der Waals surface area contributed by atoms with Crippen LogP contribution in [-0.4, -0.2) is 18.4 Å². The van der Waals surface area contributed by atoms with Crippen molar-refractivity contribution in [3.05, 3.63) is 36.1 Å². The number of nitrogens with two attached hydrogens (primary N) is 1. The van der Waals surface area contributed by atoms with Crippen LogP contribution < -0.4 is 15.8 Å². The first-order chi connectivity index (χ1) is 10.0. The number of hydrogen-bond acceptors (Lipinski definition) is 5. The number of nitrogens with one attached hydrogen (secondary N) is 1. The number of carbonyl (C=O) groups excluding carboxylic acids is 2. The predicted octanol–water partition coefficient (Wildman–Crippen LogP) is 2.20. The molecule has 2 aromatic rings. The third-order valence-electron chi connectivity index (χ3n) is 2.69. The van der Waals surface area contributed by atoms with Gasteiger partial charge in [0, 0.05) is 18.7 Å². The molecule has 0 atom stereocenters. The second kappa shape index (κ2) is 6.13. The summed E-state index contributed by atoms with van der Waals surface area (Å²) in [5, 5.41) is 2.15. The zero-order valence-corrected chi connectivity index (χ0v) is 11.8. The first kappa shape index (κ1) is 14.6. The van der Waals surface area contributed by atoms with Crippen LogP contribution in [0.1, 0.15) is 24.4 Å². The first-order valence-electron chi connectivity index (χ1n) is 6.45. The topological polar surface area (TPSA) is 94.6 Å². The van der Waals surface area contributed by atoms with Crippen molar-refractivity contribution >= 4 is 17.5 Å². The van der Waals surface area contributed by atoms with Gasteiger partial charge in [-0.05, 0) is 31.2 Å². The highest BCUT2D eigenvalue weighted by Crippen LogP contribution is 2.33. The summed E-state index contributed by atoms with van der Waals surface area (Å²) < 4.78 is 11.0. The Kier molecular flexibility index (Phi) is 4.27. The van der Waals surface area contributed by atoms with Crippen molar-refractivity contribution in [3.8, 4) is 17.1 Å². The van der Waals surface area contributed by atoms with Gasteiger partial charge >= 0.3 is 0 Å². The molecule has 1 heterocycles. The van der Waals surface area contributed by atoms with Gasteiger partial charge in [0.25, 0.3) is 5.91 Å². The van der Waals surface area contributed by atoms with E-state index in [-0.39, 0.29) is 5.76 Å². The SMILES string of the molecule is CCOc1cc(N)ccc1-c1ccc(C(=O)NC(C)=O)o1. The Hall–Kier alpha value is -2.76. The van der Waals surface area contributed by atoms with Crippen LogP contribution in [0.4, 0.5) is 5.69 Å². The summed E-state index contributed by atoms with van der Waals surface area (Å²) in [6, 6.07) is 8.31. The van der Waals surface area contributed by atoms with Crippen molar-refractivity contribution in [2.45, 2.75) is 13.8 Å². The minimum atomic E-state index is -0.581. The van der Waals surface area contributed by atoms with E-state index in [2.05, 4.69) is 5.32 Å². The fraction of sp³-hybridized carbons (Fsp3) is 0.200. The minimum absolute atomic E-state index is 0.0551. The molecule has 0 radical (unpaired) electrons. The van der Waals surface area contributed by atoms with Gasteiger partial charge in [-0.15, -0.1) is 0 Å². The highest BCUT2D eigenvalue weighted by Gasteiger charge is 2.15. The Morgan fingerprint density at radius 3 is 2.71 bits per heavy atom. The number of hydrogen-bond donors (Lipinski definition) is 2. The highest BCUT2D eigenvalue weighted by atomic mass is 16.5. The van der Waals surface area contributed by atoms with Crippen LogP contribution in [0.5, 0.6) is 5.75 Å². The van der Waals surface area contributed by atoms with E-state index in [1.807, 2.05) is 6.92 Å². The maximum absolute atomic E-state index is 11.7. The van der Waals surface area contributed by atoms with Crippen molar-refractivity contribution in [2.75, 3.05) is 12.3 Å². The number of furan rings is 1. The van der Waals surface area contributed by atoms with Crippen LogP contribution in [0.2, 0.25) is 0 Å². The number of rotatable bonds is 4. The van der Waals surface area contributed by atoms with Gasteiger partial charge in [-0.3, -0.25) is 14.9 Å². The molecular weight excluding hydrogens is 272 g/mol. The van der Waals surface area contributed by atoms with E-state index in [0.717, 1.165) is 0 Å². The summed E-state index contributed by atoms with van der Waals surface area (Å²) in [4.78, 5) is 22.6. The summed E-state index contributed by atoms with van der Waals surface area (Å²) in [6.45, 7) is 3.60. The Morgan fingerprint density at radius 1 is 1.29 bits per heavy atom. The van der Waals surface area contributed by atoms with Gasteiger partial charge in [0.15, 0.2) is 5.76 Å². The molecule has 0 saturated heterocycles. The second-order valence-electron chi connectivity index (χ2n) is 4.36. The number of nitrogen functional groups attached to an aromatic ring is 1. The van der Waals surface area contributed by atoms with Gasteiger partial charge in [-0.25, -0.2) is 0 Å². The van der Waals surface area contributed by atoms with E-state index in [1.54, 1.807) is 24.3 Å². The number of anilines is 1. The Bertz CT molecular complexity index is 676. The van der Waals surface area contributed by atoms with Gasteiger partial charge in [-0.1, -0.05) is 0 Å². The van der Waals surface area contributed by atoms with E-state index < -0.39 is 11.8 Å². The van der Waals surface area contributed by atoms with Crippen LogP contribution in [0, 0.1) is 0 Å². The van der Waals surface area contributed by atoms with Gasteiger partial charge in [0.2, 0.25) is 5.91 Å². The molecule has 110 valence electrons. The fourth-order valence-corrected chi connectivity index (χ4v) is 1.84. The highest BCUT2D eigenvalue weighted by molar-refractivity contribution is 6.02. The van der Waals surface area contributed by atoms with Crippen molar-refractivity contribution in [3.63, 3.8) is 0 Å². The van der Waals surface area contributed by atoms with Gasteiger partial charge in [0.05, 0.1) is 12.2 Å². The lowest BCUT2D eigenvalue weighted by Gasteiger charge is -2.09. The van der Waals surface area contributed by atoms with Crippen molar-refractivity contribution in [1.82, 2.24) is 5.32 Å². The van der Waals surface area contributed by atoms with E-state index >= 15 is 0 Å². The molecule has 0 bridgehead atoms. The molecule has 6 nitrogen and oxygen atoms in total. The van der Waals surface area contributed by atoms with E-state index in [0.29, 0.717) is 29.4 Å². The maximum Gasteiger partial charge on any atom is 0.293 e. The maximum atomic E-state index is 11.7. The monoisotopic (exact) mass is 288 g/mol. The number of ether oxygens (including phenoxy) is 1. The summed E-state index contributed by atoms with van der Waals surface area (Å²) in [6.07, 6.45) is 0. The summed E-state index contributed by atoms with van der Waals surface area (Å²) in [5.41, 5.74) is 6.99. The van der Waals surface area contributed by atoms with Crippen molar-refractivity contribution in [2.24, 2.45) is 0 Å². The van der Waals surface area contributed by atoms with E-state index in [4.69, 9.17) is 14.9 Å². The van der Waals surface area contributed by atoms with Crippen molar-refractivity contribution in [1.29, 1.82) is 0 Å². The lowest BCUT2D eigenvalue weighted by Crippen LogP contribution is -2.27. The Labute approximate surface area is 121 Å². The zero-order valence-electron chi connectivity index (χ0n) is 11.8. The third kappa shape index (κ3) is 3.42. The predicted molar refractivity (Wildman–Crippen MR) is 77.9 cm³/mol. The molecule has 0 spiro atoms. The van der Waals surface area contributed by atoms with Crippen LogP contribution in [-0.2, 0) is 4.79 Å². The van der Waals surface area contributed by atoms with E-state index in [1.165, 1.54) is 13.0 Å². The molecule has 0 fully saturated rings. The number of carbonyl (C=O) groups is 2. The minimum Gasteiger partial charge on any atom is -0.493 e. The Balaban J connectivity index is 2.33. The van der Waals surface area contributed by atoms with Crippen LogP contribution >= 0.6 is 0 Å².